The van der Waals surface area contributed by atoms with E-state index in [4.69, 9.17) is 25.8 Å². The Labute approximate surface area is 162 Å². The van der Waals surface area contributed by atoms with Crippen LogP contribution in [0.5, 0.6) is 0 Å². The third-order valence-electron chi connectivity index (χ3n) is 4.12. The van der Waals surface area contributed by atoms with Crippen molar-refractivity contribution in [2.45, 2.75) is 52.1 Å². The Morgan fingerprint density at radius 2 is 1.96 bits per heavy atom. The third-order valence-corrected chi connectivity index (χ3v) is 4.49. The summed E-state index contributed by atoms with van der Waals surface area (Å²) < 4.78 is 15.5. The highest BCUT2D eigenvalue weighted by Crippen LogP contribution is 2.39. The fraction of sp³-hybridized carbons (Fsp3) is 0.474. The van der Waals surface area contributed by atoms with Crippen molar-refractivity contribution in [2.75, 3.05) is 6.61 Å². The summed E-state index contributed by atoms with van der Waals surface area (Å²) in [5.41, 5.74) is -1.68. The second-order valence-corrected chi connectivity index (χ2v) is 6.72. The molecule has 0 saturated heterocycles. The lowest BCUT2D eigenvalue weighted by Gasteiger charge is -2.33. The van der Waals surface area contributed by atoms with E-state index in [1.54, 1.807) is 6.92 Å². The van der Waals surface area contributed by atoms with Crippen LogP contribution in [0.15, 0.2) is 34.3 Å². The van der Waals surface area contributed by atoms with Gasteiger partial charge in [-0.1, -0.05) is 18.5 Å². The first kappa shape index (κ1) is 20.9. The zero-order chi connectivity index (χ0) is 20.2. The summed E-state index contributed by atoms with van der Waals surface area (Å²) in [6.07, 6.45) is 4.27. The predicted octanol–water partition coefficient (Wildman–Crippen LogP) is 2.87. The average molecular weight is 397 g/mol. The Bertz CT molecular complexity index is 775. The van der Waals surface area contributed by atoms with Crippen molar-refractivity contribution in [3.05, 3.63) is 34.3 Å². The number of allylic oxidation sites excluding steroid dienone is 3. The Hall–Kier alpha value is -2.41. The number of carbonyl (C=O) groups is 4. The minimum Gasteiger partial charge on any atom is -0.469 e. The maximum Gasteiger partial charge on any atom is 0.307 e. The first-order valence-electron chi connectivity index (χ1n) is 8.63. The van der Waals surface area contributed by atoms with Gasteiger partial charge in [0.05, 0.1) is 17.2 Å². The largest absolute Gasteiger partial charge is 0.469 e. The van der Waals surface area contributed by atoms with E-state index in [0.29, 0.717) is 25.0 Å². The molecule has 0 fully saturated rings. The molecule has 2 rings (SSSR count). The number of Topliss-reactive ketones (excluding diaryl/α,β-unsaturated/α-hetero) is 2. The van der Waals surface area contributed by atoms with Crippen LogP contribution >= 0.6 is 11.6 Å². The number of hydrogen-bond acceptors (Lipinski definition) is 7. The molecular weight excluding hydrogens is 376 g/mol. The van der Waals surface area contributed by atoms with Crippen LogP contribution in [0.4, 0.5) is 0 Å². The highest BCUT2D eigenvalue weighted by atomic mass is 35.5. The van der Waals surface area contributed by atoms with E-state index >= 15 is 0 Å². The van der Waals surface area contributed by atoms with Gasteiger partial charge in [-0.2, -0.15) is 0 Å². The molecule has 1 aliphatic heterocycles. The highest BCUT2D eigenvalue weighted by Gasteiger charge is 2.52. The van der Waals surface area contributed by atoms with Crippen LogP contribution in [0.25, 0.3) is 0 Å². The molecule has 0 aromatic rings. The lowest BCUT2D eigenvalue weighted by atomic mass is 9.80. The summed E-state index contributed by atoms with van der Waals surface area (Å²) in [4.78, 5) is 48.0. The molecule has 1 heterocycles. The van der Waals surface area contributed by atoms with Crippen molar-refractivity contribution >= 4 is 35.1 Å². The van der Waals surface area contributed by atoms with Crippen LogP contribution in [0.3, 0.4) is 0 Å². The van der Waals surface area contributed by atoms with Crippen LogP contribution in [0.1, 0.15) is 46.5 Å². The standard InChI is InChI=1S/C19H21ClO7/c1-4-6-15(22)27-19(3)17(23)14-10-26-12(7-5-8-25-11(2)21)9-13(14)16(20)18(19)24/h9-10H,4-8H2,1-3H3/t19-/m0/s1. The summed E-state index contributed by atoms with van der Waals surface area (Å²) in [5, 5.41) is -0.187. The van der Waals surface area contributed by atoms with E-state index < -0.39 is 23.1 Å². The molecule has 8 heteroatoms. The Morgan fingerprint density at radius 1 is 1.26 bits per heavy atom. The normalized spacial score (nSPS) is 21.8. The van der Waals surface area contributed by atoms with Crippen molar-refractivity contribution in [2.24, 2.45) is 0 Å². The molecule has 0 aromatic heterocycles. The molecule has 0 bridgehead atoms. The summed E-state index contributed by atoms with van der Waals surface area (Å²) in [5.74, 6) is -1.98. The molecular formula is C19H21ClO7. The van der Waals surface area contributed by atoms with Crippen LogP contribution in [0.2, 0.25) is 0 Å². The second-order valence-electron chi connectivity index (χ2n) is 6.35. The summed E-state index contributed by atoms with van der Waals surface area (Å²) in [6, 6.07) is 0. The molecule has 0 spiro atoms. The van der Waals surface area contributed by atoms with Crippen molar-refractivity contribution < 1.29 is 33.4 Å². The minimum atomic E-state index is -2.00. The van der Waals surface area contributed by atoms with Gasteiger partial charge in [0.15, 0.2) is 0 Å². The van der Waals surface area contributed by atoms with Gasteiger partial charge in [0.1, 0.15) is 12.0 Å². The molecule has 0 amide bonds. The van der Waals surface area contributed by atoms with E-state index in [0.717, 1.165) is 0 Å². The molecule has 0 saturated carbocycles. The number of rotatable bonds is 7. The van der Waals surface area contributed by atoms with Crippen LogP contribution in [0, 0.1) is 0 Å². The Balaban J connectivity index is 2.21. The van der Waals surface area contributed by atoms with Gasteiger partial charge in [-0.3, -0.25) is 19.2 Å². The van der Waals surface area contributed by atoms with Gasteiger partial charge in [-0.05, 0) is 25.8 Å². The number of carbonyl (C=O) groups excluding carboxylic acids is 4. The van der Waals surface area contributed by atoms with Gasteiger partial charge >= 0.3 is 11.9 Å². The molecule has 1 atom stereocenters. The SMILES string of the molecule is CCCC(=O)O[C@@]1(C)C(=O)C2=COC(CCCOC(C)=O)=CC2=C(Cl)C1=O. The molecule has 1 aliphatic carbocycles. The molecule has 0 N–H and O–H groups in total. The van der Waals surface area contributed by atoms with E-state index in [1.165, 1.54) is 26.2 Å². The van der Waals surface area contributed by atoms with Gasteiger partial charge in [0.25, 0.3) is 0 Å². The molecule has 0 aromatic carbocycles. The molecule has 0 radical (unpaired) electrons. The lowest BCUT2D eigenvalue weighted by Crippen LogP contribution is -2.51. The summed E-state index contributed by atoms with van der Waals surface area (Å²) in [7, 11) is 0. The zero-order valence-electron chi connectivity index (χ0n) is 15.4. The third kappa shape index (κ3) is 4.47. The van der Waals surface area contributed by atoms with Gasteiger partial charge in [0, 0.05) is 25.3 Å². The number of halogens is 1. The predicted molar refractivity (Wildman–Crippen MR) is 95.4 cm³/mol. The monoisotopic (exact) mass is 396 g/mol. The Kier molecular flexibility index (Phi) is 6.59. The quantitative estimate of drug-likeness (QED) is 0.371. The number of hydrogen-bond donors (Lipinski definition) is 0. The molecule has 7 nitrogen and oxygen atoms in total. The van der Waals surface area contributed by atoms with Gasteiger partial charge in [-0.15, -0.1) is 0 Å². The fourth-order valence-corrected chi connectivity index (χ4v) is 3.03. The maximum absolute atomic E-state index is 12.8. The summed E-state index contributed by atoms with van der Waals surface area (Å²) >= 11 is 6.20. The van der Waals surface area contributed by atoms with Gasteiger partial charge < -0.3 is 14.2 Å². The maximum atomic E-state index is 12.8. The summed E-state index contributed by atoms with van der Waals surface area (Å²) in [6.45, 7) is 4.57. The topological polar surface area (TPSA) is 96.0 Å². The van der Waals surface area contributed by atoms with Crippen molar-refractivity contribution in [3.63, 3.8) is 0 Å². The van der Waals surface area contributed by atoms with Crippen LogP contribution in [-0.2, 0) is 33.4 Å². The van der Waals surface area contributed by atoms with E-state index in [-0.39, 0.29) is 35.2 Å². The lowest BCUT2D eigenvalue weighted by molar-refractivity contribution is -0.169. The van der Waals surface area contributed by atoms with E-state index in [2.05, 4.69) is 0 Å². The van der Waals surface area contributed by atoms with E-state index in [9.17, 15) is 19.2 Å². The van der Waals surface area contributed by atoms with Crippen molar-refractivity contribution in [3.8, 4) is 0 Å². The van der Waals surface area contributed by atoms with Crippen LogP contribution in [-0.4, -0.2) is 35.7 Å². The number of fused-ring (bicyclic) bond motifs is 1. The number of ketones is 2. The van der Waals surface area contributed by atoms with Gasteiger partial charge in [-0.25, -0.2) is 0 Å². The second kappa shape index (κ2) is 8.52. The number of esters is 2. The Morgan fingerprint density at radius 3 is 2.59 bits per heavy atom. The molecule has 27 heavy (non-hydrogen) atoms. The van der Waals surface area contributed by atoms with Crippen molar-refractivity contribution in [1.82, 2.24) is 0 Å². The van der Waals surface area contributed by atoms with Crippen LogP contribution < -0.4 is 0 Å². The molecule has 146 valence electrons. The van der Waals surface area contributed by atoms with Crippen molar-refractivity contribution in [1.29, 1.82) is 0 Å². The highest BCUT2D eigenvalue weighted by molar-refractivity contribution is 6.49. The zero-order valence-corrected chi connectivity index (χ0v) is 16.2. The number of ether oxygens (including phenoxy) is 3. The van der Waals surface area contributed by atoms with Gasteiger partial charge in [0.2, 0.25) is 17.2 Å². The van der Waals surface area contributed by atoms with E-state index in [1.807, 2.05) is 0 Å². The molecule has 2 aliphatic rings. The minimum absolute atomic E-state index is 0.0788. The smallest absolute Gasteiger partial charge is 0.307 e. The first-order valence-corrected chi connectivity index (χ1v) is 9.00. The fourth-order valence-electron chi connectivity index (χ4n) is 2.69. The molecule has 0 unspecified atom stereocenters. The first-order chi connectivity index (χ1) is 12.7. The average Bonchev–Trinajstić information content (AvgIpc) is 2.62.